The van der Waals surface area contributed by atoms with Gasteiger partial charge in [-0.2, -0.15) is 0 Å². The highest BCUT2D eigenvalue weighted by molar-refractivity contribution is 5.88. The van der Waals surface area contributed by atoms with Crippen LogP contribution >= 0.6 is 0 Å². The molecule has 0 atom stereocenters. The molecule has 0 bridgehead atoms. The van der Waals surface area contributed by atoms with E-state index < -0.39 is 5.41 Å². The van der Waals surface area contributed by atoms with Gasteiger partial charge in [-0.05, 0) is 55.5 Å². The van der Waals surface area contributed by atoms with Crippen molar-refractivity contribution in [2.24, 2.45) is 0 Å². The van der Waals surface area contributed by atoms with E-state index in [2.05, 4.69) is 46.6 Å². The average Bonchev–Trinajstić information content (AvgIpc) is 3.27. The Hall–Kier alpha value is -2.17. The van der Waals surface area contributed by atoms with Gasteiger partial charge in [-0.3, -0.25) is 9.69 Å². The maximum absolute atomic E-state index is 13.4. The third-order valence-corrected chi connectivity index (χ3v) is 6.26. The van der Waals surface area contributed by atoms with Crippen molar-refractivity contribution >= 4 is 5.91 Å². The molecule has 0 aromatic heterocycles. The predicted molar refractivity (Wildman–Crippen MR) is 111 cm³/mol. The van der Waals surface area contributed by atoms with Gasteiger partial charge in [-0.15, -0.1) is 0 Å². The second-order valence-electron chi connectivity index (χ2n) is 8.00. The molecule has 2 heterocycles. The van der Waals surface area contributed by atoms with E-state index in [-0.39, 0.29) is 5.91 Å². The Morgan fingerprint density at radius 2 is 1.57 bits per heavy atom. The summed E-state index contributed by atoms with van der Waals surface area (Å²) < 4.78 is 5.57. The lowest BCUT2D eigenvalue weighted by atomic mass is 9.73. The first-order valence-corrected chi connectivity index (χ1v) is 10.5. The summed E-state index contributed by atoms with van der Waals surface area (Å²) in [6, 6.07) is 18.7. The first-order valence-electron chi connectivity index (χ1n) is 10.5. The lowest BCUT2D eigenvalue weighted by molar-refractivity contribution is -0.130. The zero-order valence-corrected chi connectivity index (χ0v) is 16.5. The second kappa shape index (κ2) is 8.89. The molecule has 2 fully saturated rings. The van der Waals surface area contributed by atoms with Crippen LogP contribution in [0.5, 0.6) is 0 Å². The molecular weight excluding hydrogens is 348 g/mol. The third-order valence-electron chi connectivity index (χ3n) is 6.26. The minimum atomic E-state index is -0.483. The molecule has 0 spiro atoms. The molecule has 4 rings (SSSR count). The molecule has 0 saturated carbocycles. The third kappa shape index (κ3) is 4.13. The molecule has 4 heteroatoms. The maximum Gasteiger partial charge on any atom is 0.231 e. The monoisotopic (exact) mass is 378 g/mol. The van der Waals surface area contributed by atoms with Gasteiger partial charge in [0.1, 0.15) is 0 Å². The van der Waals surface area contributed by atoms with Gasteiger partial charge in [0.15, 0.2) is 0 Å². The summed E-state index contributed by atoms with van der Waals surface area (Å²) in [4.78, 5) is 15.9. The van der Waals surface area contributed by atoms with Crippen LogP contribution in [0.3, 0.4) is 0 Å². The Morgan fingerprint density at radius 3 is 2.29 bits per heavy atom. The van der Waals surface area contributed by atoms with E-state index >= 15 is 0 Å². The number of likely N-dealkylation sites (tertiary alicyclic amines) is 1. The molecule has 2 aliphatic heterocycles. The number of carbonyl (C=O) groups excluding carboxylic acids is 1. The van der Waals surface area contributed by atoms with Crippen LogP contribution in [0.15, 0.2) is 54.6 Å². The highest BCUT2D eigenvalue weighted by Gasteiger charge is 2.41. The number of ether oxygens (including phenoxy) is 1. The van der Waals surface area contributed by atoms with E-state index in [0.717, 1.165) is 24.9 Å². The zero-order valence-electron chi connectivity index (χ0n) is 16.5. The number of hydrogen-bond acceptors (Lipinski definition) is 3. The van der Waals surface area contributed by atoms with Gasteiger partial charge >= 0.3 is 0 Å². The van der Waals surface area contributed by atoms with Crippen molar-refractivity contribution < 1.29 is 9.53 Å². The summed E-state index contributed by atoms with van der Waals surface area (Å²) in [6.07, 6.45) is 4.05. The fourth-order valence-corrected chi connectivity index (χ4v) is 4.53. The Morgan fingerprint density at radius 1 is 0.929 bits per heavy atom. The van der Waals surface area contributed by atoms with Crippen LogP contribution in [-0.4, -0.2) is 37.1 Å². The van der Waals surface area contributed by atoms with E-state index in [4.69, 9.17) is 4.74 Å². The number of carbonyl (C=O) groups is 1. The number of nitrogens with one attached hydrogen (secondary N) is 1. The zero-order chi connectivity index (χ0) is 19.2. The number of amides is 1. The molecule has 0 unspecified atom stereocenters. The first-order chi connectivity index (χ1) is 13.8. The lowest BCUT2D eigenvalue weighted by Gasteiger charge is -2.36. The van der Waals surface area contributed by atoms with Gasteiger partial charge in [-0.25, -0.2) is 0 Å². The Bertz CT molecular complexity index is 778. The number of hydrogen-bond donors (Lipinski definition) is 1. The Balaban J connectivity index is 1.48. The van der Waals surface area contributed by atoms with Crippen molar-refractivity contribution in [3.05, 3.63) is 71.3 Å². The number of nitrogens with zero attached hydrogens (tertiary/aromatic N) is 1. The molecule has 2 aromatic carbocycles. The number of benzene rings is 2. The average molecular weight is 379 g/mol. The maximum atomic E-state index is 13.4. The molecule has 4 nitrogen and oxygen atoms in total. The van der Waals surface area contributed by atoms with Crippen molar-refractivity contribution in [2.45, 2.75) is 44.2 Å². The molecule has 0 aliphatic carbocycles. The van der Waals surface area contributed by atoms with Crippen LogP contribution in [0.25, 0.3) is 0 Å². The number of rotatable bonds is 6. The fraction of sp³-hybridized carbons (Fsp3) is 0.458. The lowest BCUT2D eigenvalue weighted by Crippen LogP contribution is -2.47. The SMILES string of the molecule is O=C(NCc1ccccc1CN1CCCC1)C1(c2ccccc2)CCOCC1. The van der Waals surface area contributed by atoms with Gasteiger partial charge in [0.25, 0.3) is 0 Å². The van der Waals surface area contributed by atoms with Crippen molar-refractivity contribution in [1.82, 2.24) is 10.2 Å². The summed E-state index contributed by atoms with van der Waals surface area (Å²) in [5, 5.41) is 3.26. The first kappa shape index (κ1) is 19.2. The van der Waals surface area contributed by atoms with E-state index in [1.807, 2.05) is 18.2 Å². The smallest absolute Gasteiger partial charge is 0.231 e. The highest BCUT2D eigenvalue weighted by atomic mass is 16.5. The molecule has 148 valence electrons. The highest BCUT2D eigenvalue weighted by Crippen LogP contribution is 2.35. The molecule has 2 aromatic rings. The van der Waals surface area contributed by atoms with Gasteiger partial charge in [0, 0.05) is 26.3 Å². The van der Waals surface area contributed by atoms with Crippen LogP contribution in [0, 0.1) is 0 Å². The minimum absolute atomic E-state index is 0.123. The quantitative estimate of drug-likeness (QED) is 0.834. The fourth-order valence-electron chi connectivity index (χ4n) is 4.53. The van der Waals surface area contributed by atoms with Crippen molar-refractivity contribution in [1.29, 1.82) is 0 Å². The molecule has 2 aliphatic rings. The van der Waals surface area contributed by atoms with Crippen LogP contribution < -0.4 is 5.32 Å². The second-order valence-corrected chi connectivity index (χ2v) is 8.00. The van der Waals surface area contributed by atoms with Gasteiger partial charge in [0.05, 0.1) is 5.41 Å². The summed E-state index contributed by atoms with van der Waals surface area (Å²) in [5.41, 5.74) is 3.16. The van der Waals surface area contributed by atoms with E-state index in [9.17, 15) is 4.79 Å². The van der Waals surface area contributed by atoms with Gasteiger partial charge in [-0.1, -0.05) is 54.6 Å². The molecule has 28 heavy (non-hydrogen) atoms. The van der Waals surface area contributed by atoms with E-state index in [1.54, 1.807) is 0 Å². The van der Waals surface area contributed by atoms with Crippen LogP contribution in [-0.2, 0) is 28.0 Å². The van der Waals surface area contributed by atoms with Gasteiger partial charge in [0.2, 0.25) is 5.91 Å². The van der Waals surface area contributed by atoms with Gasteiger partial charge < -0.3 is 10.1 Å². The van der Waals surface area contributed by atoms with Crippen LogP contribution in [0.2, 0.25) is 0 Å². The summed E-state index contributed by atoms with van der Waals surface area (Å²) >= 11 is 0. The molecule has 1 N–H and O–H groups in total. The minimum Gasteiger partial charge on any atom is -0.381 e. The molecule has 2 saturated heterocycles. The topological polar surface area (TPSA) is 41.6 Å². The normalized spacial score (nSPS) is 19.4. The summed E-state index contributed by atoms with van der Waals surface area (Å²) in [7, 11) is 0. The largest absolute Gasteiger partial charge is 0.381 e. The standard InChI is InChI=1S/C24H30N2O2/c27-23(24(12-16-28-17-13-24)22-10-2-1-3-11-22)25-18-20-8-4-5-9-21(20)19-26-14-6-7-15-26/h1-5,8-11H,6-7,12-19H2,(H,25,27). The molecule has 0 radical (unpaired) electrons. The Labute approximate surface area is 167 Å². The van der Waals surface area contributed by atoms with Crippen LogP contribution in [0.4, 0.5) is 0 Å². The van der Waals surface area contributed by atoms with E-state index in [1.165, 1.54) is 37.1 Å². The van der Waals surface area contributed by atoms with Crippen molar-refractivity contribution in [2.75, 3.05) is 26.3 Å². The molecular formula is C24H30N2O2. The van der Waals surface area contributed by atoms with E-state index in [0.29, 0.717) is 19.8 Å². The predicted octanol–water partition coefficient (Wildman–Crippen LogP) is 3.65. The van der Waals surface area contributed by atoms with Crippen LogP contribution in [0.1, 0.15) is 42.4 Å². The summed E-state index contributed by atoms with van der Waals surface area (Å²) in [5.74, 6) is 0.123. The molecule has 1 amide bonds. The summed E-state index contributed by atoms with van der Waals surface area (Å²) in [6.45, 7) is 5.18. The Kier molecular flexibility index (Phi) is 6.08. The van der Waals surface area contributed by atoms with Crippen molar-refractivity contribution in [3.63, 3.8) is 0 Å². The van der Waals surface area contributed by atoms with Crippen molar-refractivity contribution in [3.8, 4) is 0 Å².